The van der Waals surface area contributed by atoms with Gasteiger partial charge in [-0.15, -0.1) is 0 Å². The molecule has 1 aliphatic rings. The lowest BCUT2D eigenvalue weighted by Crippen LogP contribution is -2.27. The maximum absolute atomic E-state index is 2.53. The summed E-state index contributed by atoms with van der Waals surface area (Å²) < 4.78 is 0. The third kappa shape index (κ3) is 7.32. The van der Waals surface area contributed by atoms with Gasteiger partial charge in [0.2, 0.25) is 0 Å². The first-order valence-corrected chi connectivity index (χ1v) is 11.7. The van der Waals surface area contributed by atoms with Crippen LogP contribution in [0, 0.1) is 5.41 Å². The second-order valence-electron chi connectivity index (χ2n) is 8.55. The van der Waals surface area contributed by atoms with Gasteiger partial charge in [-0.2, -0.15) is 0 Å². The van der Waals surface area contributed by atoms with Gasteiger partial charge >= 0.3 is 0 Å². The number of hydrogen-bond donors (Lipinski definition) is 0. The van der Waals surface area contributed by atoms with Crippen LogP contribution in [0.4, 0.5) is 0 Å². The van der Waals surface area contributed by atoms with E-state index in [9.17, 15) is 0 Å². The molecule has 0 aliphatic heterocycles. The van der Waals surface area contributed by atoms with Crippen molar-refractivity contribution in [1.29, 1.82) is 0 Å². The van der Waals surface area contributed by atoms with Crippen molar-refractivity contribution in [1.82, 2.24) is 0 Å². The molecular weight excluding hydrogens is 324 g/mol. The minimum Gasteiger partial charge on any atom is -0.0774 e. The summed E-state index contributed by atoms with van der Waals surface area (Å²) in [6.45, 7) is 4.64. The van der Waals surface area contributed by atoms with E-state index in [-0.39, 0.29) is 0 Å². The van der Waals surface area contributed by atoms with E-state index in [4.69, 9.17) is 0 Å². The highest BCUT2D eigenvalue weighted by Gasteiger charge is 2.35. The number of hydrogen-bond acceptors (Lipinski definition) is 0. The van der Waals surface area contributed by atoms with Crippen LogP contribution in [0.2, 0.25) is 0 Å². The van der Waals surface area contributed by atoms with Crippen LogP contribution in [-0.4, -0.2) is 0 Å². The maximum Gasteiger partial charge on any atom is 0.0112 e. The summed E-state index contributed by atoms with van der Waals surface area (Å²) in [6.07, 6.45) is 27.6. The van der Waals surface area contributed by atoms with E-state index >= 15 is 0 Å². The smallest absolute Gasteiger partial charge is 0.0112 e. The zero-order valence-corrected chi connectivity index (χ0v) is 18.0. The number of benzene rings is 1. The molecule has 0 N–H and O–H groups in total. The Morgan fingerprint density at radius 2 is 1.30 bits per heavy atom. The topological polar surface area (TPSA) is 0 Å². The molecule has 0 amide bonds. The van der Waals surface area contributed by atoms with Gasteiger partial charge in [-0.3, -0.25) is 0 Å². The molecule has 0 heterocycles. The van der Waals surface area contributed by atoms with Crippen LogP contribution in [0.1, 0.15) is 109 Å². The van der Waals surface area contributed by atoms with E-state index < -0.39 is 0 Å². The van der Waals surface area contributed by atoms with E-state index in [2.05, 4.69) is 68.5 Å². The highest BCUT2D eigenvalue weighted by Crippen LogP contribution is 2.48. The summed E-state index contributed by atoms with van der Waals surface area (Å²) in [5.41, 5.74) is 1.81. The molecule has 0 aromatic heterocycles. The summed E-state index contributed by atoms with van der Waals surface area (Å²) in [5.74, 6) is 0.544. The molecule has 2 rings (SSSR count). The van der Waals surface area contributed by atoms with Crippen molar-refractivity contribution in [2.24, 2.45) is 5.41 Å². The molecule has 0 bridgehead atoms. The van der Waals surface area contributed by atoms with Gasteiger partial charge < -0.3 is 0 Å². The highest BCUT2D eigenvalue weighted by atomic mass is 14.4. The molecule has 27 heavy (non-hydrogen) atoms. The van der Waals surface area contributed by atoms with Gasteiger partial charge in [0.15, 0.2) is 0 Å². The van der Waals surface area contributed by atoms with Crippen LogP contribution in [-0.2, 0) is 0 Å². The summed E-state index contributed by atoms with van der Waals surface area (Å²) in [6, 6.07) is 11.2. The fraction of sp³-hybridized carbons (Fsp3) is 0.630. The quantitative estimate of drug-likeness (QED) is 0.288. The Bertz CT molecular complexity index is 538. The largest absolute Gasteiger partial charge is 0.0774 e. The summed E-state index contributed by atoms with van der Waals surface area (Å²) in [4.78, 5) is 0. The molecule has 1 aliphatic carbocycles. The lowest BCUT2D eigenvalue weighted by molar-refractivity contribution is 0.270. The highest BCUT2D eigenvalue weighted by molar-refractivity contribution is 5.34. The van der Waals surface area contributed by atoms with Crippen molar-refractivity contribution in [2.75, 3.05) is 0 Å². The third-order valence-electron chi connectivity index (χ3n) is 6.33. The molecule has 150 valence electrons. The Morgan fingerprint density at radius 1 is 0.667 bits per heavy atom. The predicted octanol–water partition coefficient (Wildman–Crippen LogP) is 8.99. The second kappa shape index (κ2) is 13.0. The van der Waals surface area contributed by atoms with Crippen LogP contribution in [0.3, 0.4) is 0 Å². The Morgan fingerprint density at radius 3 is 1.93 bits per heavy atom. The number of allylic oxidation sites excluding steroid dienone is 4. The second-order valence-corrected chi connectivity index (χ2v) is 8.55. The van der Waals surface area contributed by atoms with Gasteiger partial charge in [0.05, 0.1) is 0 Å². The minimum absolute atomic E-state index is 0.324. The number of rotatable bonds is 14. The van der Waals surface area contributed by atoms with E-state index in [1.54, 1.807) is 0 Å². The maximum atomic E-state index is 2.53. The zero-order valence-electron chi connectivity index (χ0n) is 18.0. The van der Waals surface area contributed by atoms with Gasteiger partial charge in [0.1, 0.15) is 0 Å². The molecule has 1 aromatic carbocycles. The summed E-state index contributed by atoms with van der Waals surface area (Å²) in [5, 5.41) is 0. The molecule has 0 fully saturated rings. The van der Waals surface area contributed by atoms with Crippen molar-refractivity contribution in [2.45, 2.75) is 103 Å². The van der Waals surface area contributed by atoms with Gasteiger partial charge in [-0.25, -0.2) is 0 Å². The molecular formula is C27H42. The molecule has 1 aromatic rings. The Hall–Kier alpha value is -1.30. The Labute approximate surface area is 169 Å². The molecule has 0 radical (unpaired) electrons. The molecule has 0 spiro atoms. The lowest BCUT2D eigenvalue weighted by Gasteiger charge is -2.39. The van der Waals surface area contributed by atoms with E-state index in [0.29, 0.717) is 11.3 Å². The first-order valence-electron chi connectivity index (χ1n) is 11.7. The molecule has 0 nitrogen and oxygen atoms in total. The molecule has 2 atom stereocenters. The van der Waals surface area contributed by atoms with Crippen LogP contribution >= 0.6 is 0 Å². The van der Waals surface area contributed by atoms with Gasteiger partial charge in [0.25, 0.3) is 0 Å². The van der Waals surface area contributed by atoms with Gasteiger partial charge in [-0.1, -0.05) is 139 Å². The van der Waals surface area contributed by atoms with E-state index in [1.165, 1.54) is 89.0 Å². The van der Waals surface area contributed by atoms with Gasteiger partial charge in [0, 0.05) is 5.92 Å². The molecule has 0 saturated carbocycles. The van der Waals surface area contributed by atoms with E-state index in [0.717, 1.165) is 0 Å². The monoisotopic (exact) mass is 366 g/mol. The molecule has 0 heteroatoms. The van der Waals surface area contributed by atoms with Crippen molar-refractivity contribution in [3.05, 3.63) is 60.2 Å². The Balaban J connectivity index is 1.78. The zero-order chi connectivity index (χ0) is 19.2. The Kier molecular flexibility index (Phi) is 10.6. The lowest BCUT2D eigenvalue weighted by atomic mass is 9.64. The fourth-order valence-electron chi connectivity index (χ4n) is 4.83. The van der Waals surface area contributed by atoms with Crippen molar-refractivity contribution in [3.8, 4) is 0 Å². The van der Waals surface area contributed by atoms with Crippen molar-refractivity contribution < 1.29 is 0 Å². The third-order valence-corrected chi connectivity index (χ3v) is 6.33. The average Bonchev–Trinajstić information content (AvgIpc) is 2.71. The number of unbranched alkanes of at least 4 members (excludes halogenated alkanes) is 9. The molecule has 2 unspecified atom stereocenters. The summed E-state index contributed by atoms with van der Waals surface area (Å²) >= 11 is 0. The predicted molar refractivity (Wildman–Crippen MR) is 121 cm³/mol. The average molecular weight is 367 g/mol. The summed E-state index contributed by atoms with van der Waals surface area (Å²) in [7, 11) is 0. The minimum atomic E-state index is 0.324. The fourth-order valence-corrected chi connectivity index (χ4v) is 4.83. The first-order chi connectivity index (χ1) is 13.3. The van der Waals surface area contributed by atoms with Crippen LogP contribution in [0.25, 0.3) is 0 Å². The SMILES string of the molecule is CCCCCCCCCCCCC1(CCC)C=CC=CC1c1ccccc1. The standard InChI is InChI=1S/C27H42/c1-3-5-6-7-8-9-10-11-12-17-23-27(22-4-2)24-18-16-21-26(27)25-19-14-13-15-20-25/h13-16,18-21,24,26H,3-12,17,22-23H2,1-2H3. The van der Waals surface area contributed by atoms with Crippen LogP contribution < -0.4 is 0 Å². The van der Waals surface area contributed by atoms with Crippen LogP contribution in [0.15, 0.2) is 54.6 Å². The first kappa shape index (κ1) is 22.0. The van der Waals surface area contributed by atoms with Gasteiger partial charge in [-0.05, 0) is 23.8 Å². The van der Waals surface area contributed by atoms with E-state index in [1.807, 2.05) is 0 Å². The molecule has 0 saturated heterocycles. The normalized spacial score (nSPS) is 21.6. The van der Waals surface area contributed by atoms with Crippen molar-refractivity contribution in [3.63, 3.8) is 0 Å². The van der Waals surface area contributed by atoms with Crippen LogP contribution in [0.5, 0.6) is 0 Å². The van der Waals surface area contributed by atoms with Crippen molar-refractivity contribution >= 4 is 0 Å².